The van der Waals surface area contributed by atoms with Crippen molar-refractivity contribution in [1.29, 1.82) is 0 Å². The second kappa shape index (κ2) is 4.89. The summed E-state index contributed by atoms with van der Waals surface area (Å²) in [6.45, 7) is 1.97. The Morgan fingerprint density at radius 1 is 1.40 bits per heavy atom. The lowest BCUT2D eigenvalue weighted by Crippen LogP contribution is -2.48. The zero-order chi connectivity index (χ0) is 12.3. The number of carbonyl (C=O) groups excluding carboxylic acids is 1. The Morgan fingerprint density at radius 3 is 2.20 bits per heavy atom. The third-order valence-corrected chi connectivity index (χ3v) is 2.18. The van der Waals surface area contributed by atoms with Crippen LogP contribution in [0.2, 0.25) is 0 Å². The molecule has 0 fully saturated rings. The molecule has 0 aromatic rings. The summed E-state index contributed by atoms with van der Waals surface area (Å²) in [5.74, 6) is -0.700. The van der Waals surface area contributed by atoms with Crippen LogP contribution in [0.4, 0.5) is 0 Å². The van der Waals surface area contributed by atoms with Crippen LogP contribution in [0.3, 0.4) is 0 Å². The molecule has 6 N–H and O–H groups in total. The van der Waals surface area contributed by atoms with Gasteiger partial charge in [0.25, 0.3) is 0 Å². The van der Waals surface area contributed by atoms with Crippen molar-refractivity contribution < 1.29 is 25.2 Å². The van der Waals surface area contributed by atoms with Crippen LogP contribution in [0.15, 0.2) is 0 Å². The molecule has 0 aliphatic heterocycles. The number of hydrogen-bond acceptors (Lipinski definition) is 5. The lowest BCUT2D eigenvalue weighted by Gasteiger charge is -2.34. The van der Waals surface area contributed by atoms with E-state index in [2.05, 4.69) is 0 Å². The maximum atomic E-state index is 10.6. The fourth-order valence-electron chi connectivity index (χ4n) is 1.52. The number of hydrogen-bond donors (Lipinski definition) is 5. The topological polar surface area (TPSA) is 124 Å². The van der Waals surface area contributed by atoms with Gasteiger partial charge >= 0.3 is 0 Å². The van der Waals surface area contributed by atoms with Crippen LogP contribution in [0.5, 0.6) is 0 Å². The van der Waals surface area contributed by atoms with Gasteiger partial charge in [-0.15, -0.1) is 0 Å². The predicted octanol–water partition coefficient (Wildman–Crippen LogP) is -1.89. The minimum atomic E-state index is -1.67. The van der Waals surface area contributed by atoms with Gasteiger partial charge in [0, 0.05) is 6.42 Å². The van der Waals surface area contributed by atoms with Gasteiger partial charge < -0.3 is 26.2 Å². The summed E-state index contributed by atoms with van der Waals surface area (Å²) < 4.78 is 0. The van der Waals surface area contributed by atoms with E-state index in [1.807, 2.05) is 0 Å². The molecule has 0 heterocycles. The molecule has 6 nitrogen and oxygen atoms in total. The number of aliphatic hydroxyl groups is 4. The second-order valence-corrected chi connectivity index (χ2v) is 4.37. The van der Waals surface area contributed by atoms with E-state index in [1.54, 1.807) is 0 Å². The molecule has 0 aliphatic rings. The van der Waals surface area contributed by atoms with E-state index in [4.69, 9.17) is 10.8 Å². The SMILES string of the molecule is CC(O)(CC(N)=O)CC(C)(O)C(O)CO. The highest BCUT2D eigenvalue weighted by molar-refractivity contribution is 5.74. The van der Waals surface area contributed by atoms with Gasteiger partial charge in [0.1, 0.15) is 6.10 Å². The molecule has 0 aliphatic carbocycles. The quantitative estimate of drug-likeness (QED) is 0.358. The summed E-state index contributed by atoms with van der Waals surface area (Å²) >= 11 is 0. The fraction of sp³-hybridized carbons (Fsp3) is 0.889. The van der Waals surface area contributed by atoms with Crippen molar-refractivity contribution in [2.24, 2.45) is 5.73 Å². The second-order valence-electron chi connectivity index (χ2n) is 4.37. The summed E-state index contributed by atoms with van der Waals surface area (Å²) in [4.78, 5) is 10.6. The summed E-state index contributed by atoms with van der Waals surface area (Å²) in [5.41, 5.74) is 1.73. The molecule has 1 amide bonds. The molecule has 0 saturated carbocycles. The number of primary amides is 1. The molecule has 3 unspecified atom stereocenters. The van der Waals surface area contributed by atoms with E-state index >= 15 is 0 Å². The van der Waals surface area contributed by atoms with Gasteiger partial charge in [0.05, 0.1) is 24.2 Å². The summed E-state index contributed by atoms with van der Waals surface area (Å²) in [6.07, 6.45) is -1.96. The number of aliphatic hydroxyl groups excluding tert-OH is 2. The van der Waals surface area contributed by atoms with E-state index in [-0.39, 0.29) is 12.8 Å². The van der Waals surface area contributed by atoms with E-state index in [0.29, 0.717) is 0 Å². The fourth-order valence-corrected chi connectivity index (χ4v) is 1.52. The number of nitrogens with two attached hydrogens (primary N) is 1. The van der Waals surface area contributed by atoms with Gasteiger partial charge in [-0.25, -0.2) is 0 Å². The lowest BCUT2D eigenvalue weighted by molar-refractivity contribution is -0.136. The molecule has 0 spiro atoms. The van der Waals surface area contributed by atoms with Crippen LogP contribution in [0.25, 0.3) is 0 Å². The number of carbonyl (C=O) groups is 1. The Kier molecular flexibility index (Phi) is 4.66. The third-order valence-electron chi connectivity index (χ3n) is 2.18. The van der Waals surface area contributed by atoms with Gasteiger partial charge in [-0.1, -0.05) is 0 Å². The standard InChI is InChI=1S/C9H19NO5/c1-8(14,3-7(10)13)5-9(2,15)6(12)4-11/h6,11-12,14-15H,3-5H2,1-2H3,(H2,10,13). The maximum Gasteiger partial charge on any atom is 0.220 e. The van der Waals surface area contributed by atoms with E-state index < -0.39 is 29.8 Å². The summed E-state index contributed by atoms with van der Waals surface area (Å²) in [7, 11) is 0. The molecule has 0 aromatic carbocycles. The molecule has 0 aromatic heterocycles. The molecule has 6 heteroatoms. The Balaban J connectivity index is 4.49. The Hall–Kier alpha value is -0.690. The molecule has 15 heavy (non-hydrogen) atoms. The van der Waals surface area contributed by atoms with Crippen LogP contribution in [-0.2, 0) is 4.79 Å². The summed E-state index contributed by atoms with van der Waals surface area (Å²) in [6, 6.07) is 0. The molecule has 90 valence electrons. The first kappa shape index (κ1) is 14.3. The molecule has 3 atom stereocenters. The van der Waals surface area contributed by atoms with E-state index in [9.17, 15) is 20.1 Å². The maximum absolute atomic E-state index is 10.6. The number of rotatable bonds is 6. The average Bonchev–Trinajstić information content (AvgIpc) is 1.97. The van der Waals surface area contributed by atoms with Crippen molar-refractivity contribution in [3.05, 3.63) is 0 Å². The smallest absolute Gasteiger partial charge is 0.220 e. The number of amides is 1. The van der Waals surface area contributed by atoms with Crippen molar-refractivity contribution in [1.82, 2.24) is 0 Å². The van der Waals surface area contributed by atoms with Crippen molar-refractivity contribution in [3.63, 3.8) is 0 Å². The van der Waals surface area contributed by atoms with Crippen molar-refractivity contribution in [3.8, 4) is 0 Å². The predicted molar refractivity (Wildman–Crippen MR) is 52.8 cm³/mol. The van der Waals surface area contributed by atoms with Crippen molar-refractivity contribution in [2.45, 2.75) is 44.0 Å². The molecule has 0 rings (SSSR count). The zero-order valence-electron chi connectivity index (χ0n) is 8.97. The normalized spacial score (nSPS) is 21.5. The van der Waals surface area contributed by atoms with Crippen LogP contribution in [0, 0.1) is 0 Å². The highest BCUT2D eigenvalue weighted by Gasteiger charge is 2.38. The molecular formula is C9H19NO5. The minimum Gasteiger partial charge on any atom is -0.394 e. The van der Waals surface area contributed by atoms with Gasteiger partial charge in [0.15, 0.2) is 0 Å². The van der Waals surface area contributed by atoms with Crippen molar-refractivity contribution >= 4 is 5.91 Å². The van der Waals surface area contributed by atoms with Crippen LogP contribution < -0.4 is 5.73 Å². The Bertz CT molecular complexity index is 227. The van der Waals surface area contributed by atoms with E-state index in [0.717, 1.165) is 0 Å². The molecule has 0 saturated heterocycles. The highest BCUT2D eigenvalue weighted by Crippen LogP contribution is 2.25. The zero-order valence-corrected chi connectivity index (χ0v) is 8.97. The Labute approximate surface area is 88.3 Å². The van der Waals surface area contributed by atoms with Crippen LogP contribution >= 0.6 is 0 Å². The molecular weight excluding hydrogens is 202 g/mol. The van der Waals surface area contributed by atoms with E-state index in [1.165, 1.54) is 13.8 Å². The van der Waals surface area contributed by atoms with Gasteiger partial charge in [-0.05, 0) is 13.8 Å². The van der Waals surface area contributed by atoms with Crippen LogP contribution in [-0.4, -0.2) is 50.2 Å². The lowest BCUT2D eigenvalue weighted by atomic mass is 9.84. The van der Waals surface area contributed by atoms with Gasteiger partial charge in [-0.3, -0.25) is 4.79 Å². The summed E-state index contributed by atoms with van der Waals surface area (Å²) in [5, 5.41) is 37.3. The molecule has 0 radical (unpaired) electrons. The first-order valence-electron chi connectivity index (χ1n) is 4.63. The highest BCUT2D eigenvalue weighted by atomic mass is 16.4. The third kappa shape index (κ3) is 5.08. The van der Waals surface area contributed by atoms with Gasteiger partial charge in [0.2, 0.25) is 5.91 Å². The van der Waals surface area contributed by atoms with Crippen LogP contribution in [0.1, 0.15) is 26.7 Å². The Morgan fingerprint density at radius 2 is 1.87 bits per heavy atom. The van der Waals surface area contributed by atoms with Gasteiger partial charge in [-0.2, -0.15) is 0 Å². The van der Waals surface area contributed by atoms with Crippen molar-refractivity contribution in [2.75, 3.05) is 6.61 Å². The minimum absolute atomic E-state index is 0.259. The first-order valence-corrected chi connectivity index (χ1v) is 4.63. The first-order chi connectivity index (χ1) is 6.60. The average molecular weight is 221 g/mol. The monoisotopic (exact) mass is 221 g/mol. The molecule has 0 bridgehead atoms. The largest absolute Gasteiger partial charge is 0.394 e.